The molecule has 2 aliphatic heterocycles. The fourth-order valence-corrected chi connectivity index (χ4v) is 3.63. The Hall–Kier alpha value is -3.27. The number of hydrogen-bond acceptors (Lipinski definition) is 6. The first-order valence-electron chi connectivity index (χ1n) is 9.19. The van der Waals surface area contributed by atoms with E-state index in [0.717, 1.165) is 0 Å². The molecule has 1 aromatic heterocycles. The minimum atomic E-state index is -0.731. The van der Waals surface area contributed by atoms with Gasteiger partial charge in [0.05, 0.1) is 6.54 Å². The molecule has 0 spiro atoms. The summed E-state index contributed by atoms with van der Waals surface area (Å²) in [6.07, 6.45) is 0. The molecule has 152 valence electrons. The van der Waals surface area contributed by atoms with E-state index in [2.05, 4.69) is 10.3 Å². The molecule has 3 heterocycles. The second-order valence-electron chi connectivity index (χ2n) is 7.19. The number of amides is 2. The minimum absolute atomic E-state index is 0.0776. The molecule has 1 aromatic carbocycles. The smallest absolute Gasteiger partial charge is 0.296 e. The predicted molar refractivity (Wildman–Crippen MR) is 99.7 cm³/mol. The lowest BCUT2D eigenvalue weighted by atomic mass is 10.1. The fraction of sp³-hybridized carbons (Fsp3) is 0.368. The van der Waals surface area contributed by atoms with E-state index in [0.29, 0.717) is 18.7 Å². The highest BCUT2D eigenvalue weighted by atomic mass is 19.1. The molecule has 0 saturated carbocycles. The van der Waals surface area contributed by atoms with Crippen molar-refractivity contribution in [2.75, 3.05) is 26.7 Å². The zero-order chi connectivity index (χ0) is 20.7. The van der Waals surface area contributed by atoms with Crippen molar-refractivity contribution in [2.45, 2.75) is 19.1 Å². The van der Waals surface area contributed by atoms with Crippen molar-refractivity contribution in [3.8, 4) is 5.75 Å². The molecule has 0 radical (unpaired) electrons. The Balaban J connectivity index is 1.66. The first-order valence-corrected chi connectivity index (χ1v) is 9.19. The third-order valence-corrected chi connectivity index (χ3v) is 5.35. The van der Waals surface area contributed by atoms with Gasteiger partial charge in [0.1, 0.15) is 17.7 Å². The molecule has 1 fully saturated rings. The molecule has 2 atom stereocenters. The number of hydrogen-bond donors (Lipinski definition) is 2. The number of carbonyl (C=O) groups excluding carboxylic acids is 2. The number of nitrogens with one attached hydrogen (secondary N) is 1. The standard InChI is InChI=1S/C19H20FN5O4/c1-23-13-9-24(10-14(23)26)6-7-25-17(13)22-15(16(27)19(25)29)18(28)21-8-11-2-4-12(20)5-3-11/h2-5,13,27H,6-10H2,1H3,(H,21,28). The number of rotatable bonds is 3. The molecule has 2 amide bonds. The molecule has 2 N–H and O–H groups in total. The molecular formula is C19H20FN5O4. The predicted octanol–water partition coefficient (Wildman–Crippen LogP) is -0.153. The molecule has 2 aromatic rings. The van der Waals surface area contributed by atoms with Crippen LogP contribution in [0.1, 0.15) is 27.9 Å². The molecule has 2 aliphatic rings. The molecule has 29 heavy (non-hydrogen) atoms. The van der Waals surface area contributed by atoms with Crippen LogP contribution < -0.4 is 10.9 Å². The van der Waals surface area contributed by atoms with Gasteiger partial charge in [-0.25, -0.2) is 9.37 Å². The van der Waals surface area contributed by atoms with Crippen molar-refractivity contribution in [3.63, 3.8) is 0 Å². The van der Waals surface area contributed by atoms with Gasteiger partial charge in [-0.2, -0.15) is 0 Å². The van der Waals surface area contributed by atoms with Crippen molar-refractivity contribution in [3.05, 3.63) is 57.5 Å². The van der Waals surface area contributed by atoms with Crippen LogP contribution in [0.2, 0.25) is 0 Å². The van der Waals surface area contributed by atoms with Gasteiger partial charge in [-0.15, -0.1) is 0 Å². The van der Waals surface area contributed by atoms with Crippen molar-refractivity contribution in [1.82, 2.24) is 24.7 Å². The summed E-state index contributed by atoms with van der Waals surface area (Å²) >= 11 is 0. The molecule has 2 bridgehead atoms. The van der Waals surface area contributed by atoms with Gasteiger partial charge in [-0.3, -0.25) is 23.9 Å². The van der Waals surface area contributed by atoms with Crippen LogP contribution in [0.5, 0.6) is 5.75 Å². The van der Waals surface area contributed by atoms with Gasteiger partial charge >= 0.3 is 0 Å². The number of aromatic nitrogens is 2. The van der Waals surface area contributed by atoms with E-state index in [1.165, 1.54) is 33.7 Å². The molecule has 2 unspecified atom stereocenters. The van der Waals surface area contributed by atoms with Crippen LogP contribution in [0, 0.1) is 5.82 Å². The maximum absolute atomic E-state index is 13.0. The Morgan fingerprint density at radius 2 is 2.00 bits per heavy atom. The lowest BCUT2D eigenvalue weighted by molar-refractivity contribution is -0.137. The summed E-state index contributed by atoms with van der Waals surface area (Å²) in [5, 5.41) is 12.9. The van der Waals surface area contributed by atoms with Crippen molar-refractivity contribution >= 4 is 11.8 Å². The highest BCUT2D eigenvalue weighted by Crippen LogP contribution is 2.26. The molecule has 0 aliphatic carbocycles. The van der Waals surface area contributed by atoms with Gasteiger partial charge in [0, 0.05) is 33.2 Å². The Kier molecular flexibility index (Phi) is 4.79. The van der Waals surface area contributed by atoms with Crippen LogP contribution in [0.25, 0.3) is 0 Å². The van der Waals surface area contributed by atoms with E-state index in [1.807, 2.05) is 4.90 Å². The molecule has 10 heteroatoms. The average Bonchev–Trinajstić information content (AvgIpc) is 2.86. The van der Waals surface area contributed by atoms with Crippen LogP contribution in [0.4, 0.5) is 4.39 Å². The van der Waals surface area contributed by atoms with Gasteiger partial charge in [0.15, 0.2) is 5.69 Å². The van der Waals surface area contributed by atoms with Crippen LogP contribution in [-0.2, 0) is 17.9 Å². The van der Waals surface area contributed by atoms with Gasteiger partial charge in [-0.1, -0.05) is 12.1 Å². The Bertz CT molecular complexity index is 1040. The summed E-state index contributed by atoms with van der Waals surface area (Å²) in [4.78, 5) is 45.3. The van der Waals surface area contributed by atoms with Crippen LogP contribution in [0.15, 0.2) is 29.1 Å². The second-order valence-corrected chi connectivity index (χ2v) is 7.19. The number of fused-ring (bicyclic) bond motifs is 4. The molecule has 1 saturated heterocycles. The van der Waals surface area contributed by atoms with E-state index in [1.54, 1.807) is 7.05 Å². The second kappa shape index (κ2) is 7.28. The summed E-state index contributed by atoms with van der Waals surface area (Å²) in [6.45, 7) is 1.57. The van der Waals surface area contributed by atoms with E-state index in [-0.39, 0.29) is 37.1 Å². The van der Waals surface area contributed by atoms with Crippen LogP contribution >= 0.6 is 0 Å². The number of piperazine rings is 1. The molecular weight excluding hydrogens is 381 g/mol. The quantitative estimate of drug-likeness (QED) is 0.741. The van der Waals surface area contributed by atoms with Crippen molar-refractivity contribution in [2.24, 2.45) is 0 Å². The van der Waals surface area contributed by atoms with E-state index < -0.39 is 29.1 Å². The Morgan fingerprint density at radius 3 is 2.72 bits per heavy atom. The van der Waals surface area contributed by atoms with Gasteiger partial charge < -0.3 is 15.3 Å². The summed E-state index contributed by atoms with van der Waals surface area (Å²) in [5.74, 6) is -1.67. The number of aromatic hydroxyl groups is 1. The third-order valence-electron chi connectivity index (χ3n) is 5.35. The SMILES string of the molecule is CN1C(=O)CN2CCn3c(nc(C(=O)NCc4ccc(F)cc4)c(O)c3=O)C1C2. The first kappa shape index (κ1) is 19.1. The summed E-state index contributed by atoms with van der Waals surface area (Å²) in [5.41, 5.74) is -0.446. The molecule has 4 rings (SSSR count). The third kappa shape index (κ3) is 3.46. The van der Waals surface area contributed by atoms with Gasteiger partial charge in [-0.05, 0) is 17.7 Å². The zero-order valence-electron chi connectivity index (χ0n) is 15.8. The zero-order valence-corrected chi connectivity index (χ0v) is 15.8. The van der Waals surface area contributed by atoms with E-state index >= 15 is 0 Å². The maximum atomic E-state index is 13.0. The Morgan fingerprint density at radius 1 is 1.28 bits per heavy atom. The highest BCUT2D eigenvalue weighted by Gasteiger charge is 2.37. The summed E-state index contributed by atoms with van der Waals surface area (Å²) < 4.78 is 14.3. The lowest BCUT2D eigenvalue weighted by Crippen LogP contribution is -2.50. The number of nitrogens with zero attached hydrogens (tertiary/aromatic N) is 4. The first-order chi connectivity index (χ1) is 13.8. The number of benzene rings is 1. The van der Waals surface area contributed by atoms with Crippen molar-refractivity contribution < 1.29 is 19.1 Å². The molecule has 9 nitrogen and oxygen atoms in total. The van der Waals surface area contributed by atoms with Crippen LogP contribution in [-0.4, -0.2) is 63.0 Å². The minimum Gasteiger partial charge on any atom is -0.501 e. The monoisotopic (exact) mass is 401 g/mol. The highest BCUT2D eigenvalue weighted by molar-refractivity contribution is 5.94. The Labute approximate surface area is 165 Å². The van der Waals surface area contributed by atoms with Crippen molar-refractivity contribution in [1.29, 1.82) is 0 Å². The van der Waals surface area contributed by atoms with Gasteiger partial charge in [0.25, 0.3) is 11.5 Å². The lowest BCUT2D eigenvalue weighted by Gasteiger charge is -2.36. The maximum Gasteiger partial charge on any atom is 0.296 e. The fourth-order valence-electron chi connectivity index (χ4n) is 3.63. The number of halogens is 1. The normalized spacial score (nSPS) is 20.8. The topological polar surface area (TPSA) is 108 Å². The van der Waals surface area contributed by atoms with E-state index in [4.69, 9.17) is 0 Å². The van der Waals surface area contributed by atoms with E-state index in [9.17, 15) is 23.9 Å². The average molecular weight is 401 g/mol. The number of likely N-dealkylation sites (N-methyl/N-ethyl adjacent to an activating group) is 1. The summed E-state index contributed by atoms with van der Waals surface area (Å²) in [7, 11) is 1.63. The van der Waals surface area contributed by atoms with Gasteiger partial charge in [0.2, 0.25) is 11.7 Å². The largest absolute Gasteiger partial charge is 0.501 e. The number of carbonyl (C=O) groups is 2. The summed E-state index contributed by atoms with van der Waals surface area (Å²) in [6, 6.07) is 5.09. The van der Waals surface area contributed by atoms with Crippen LogP contribution in [0.3, 0.4) is 0 Å².